The molecule has 0 unspecified atom stereocenters. The van der Waals surface area contributed by atoms with Crippen LogP contribution < -0.4 is 10.2 Å². The van der Waals surface area contributed by atoms with Crippen molar-refractivity contribution in [2.75, 3.05) is 16.8 Å². The number of anilines is 2. The second-order valence-corrected chi connectivity index (χ2v) is 5.24. The van der Waals surface area contributed by atoms with E-state index in [1.165, 1.54) is 12.8 Å². The molecular formula is C17H19N3O. The average Bonchev–Trinajstić information content (AvgIpc) is 3.34. The minimum absolute atomic E-state index is 0.0679. The zero-order chi connectivity index (χ0) is 14.7. The largest absolute Gasteiger partial charge is 0.381 e. The zero-order valence-electron chi connectivity index (χ0n) is 12.1. The molecule has 1 aromatic carbocycles. The molecule has 108 valence electrons. The maximum atomic E-state index is 12.6. The topological polar surface area (TPSA) is 45.2 Å². The van der Waals surface area contributed by atoms with E-state index >= 15 is 0 Å². The lowest BCUT2D eigenvalue weighted by Gasteiger charge is -2.20. The summed E-state index contributed by atoms with van der Waals surface area (Å²) in [6.45, 7) is 2.58. The third kappa shape index (κ3) is 3.21. The highest BCUT2D eigenvalue weighted by atomic mass is 16.2. The van der Waals surface area contributed by atoms with E-state index in [1.807, 2.05) is 43.3 Å². The molecule has 1 aliphatic carbocycles. The number of benzene rings is 1. The predicted octanol–water partition coefficient (Wildman–Crippen LogP) is 3.32. The maximum absolute atomic E-state index is 12.6. The molecule has 1 heterocycles. The first-order valence-corrected chi connectivity index (χ1v) is 7.37. The van der Waals surface area contributed by atoms with Gasteiger partial charge in [0.2, 0.25) is 0 Å². The Hall–Kier alpha value is -2.36. The molecule has 1 amide bonds. The number of carbonyl (C=O) groups is 1. The van der Waals surface area contributed by atoms with Gasteiger partial charge in [0.15, 0.2) is 0 Å². The smallest absolute Gasteiger partial charge is 0.276 e. The summed E-state index contributed by atoms with van der Waals surface area (Å²) in [5, 5.41) is 3.37. The third-order valence-electron chi connectivity index (χ3n) is 3.56. The summed E-state index contributed by atoms with van der Waals surface area (Å²) in [4.78, 5) is 18.6. The summed E-state index contributed by atoms with van der Waals surface area (Å²) in [5.74, 6) is -0.0679. The molecule has 0 bridgehead atoms. The van der Waals surface area contributed by atoms with E-state index in [4.69, 9.17) is 0 Å². The van der Waals surface area contributed by atoms with Gasteiger partial charge in [-0.25, -0.2) is 4.98 Å². The van der Waals surface area contributed by atoms with Gasteiger partial charge in [-0.2, -0.15) is 0 Å². The second-order valence-electron chi connectivity index (χ2n) is 5.24. The third-order valence-corrected chi connectivity index (χ3v) is 3.56. The van der Waals surface area contributed by atoms with Gasteiger partial charge in [0, 0.05) is 18.3 Å². The molecule has 1 saturated carbocycles. The van der Waals surface area contributed by atoms with Crippen molar-refractivity contribution in [1.29, 1.82) is 0 Å². The lowest BCUT2D eigenvalue weighted by atomic mass is 10.2. The Morgan fingerprint density at radius 1 is 1.24 bits per heavy atom. The number of hydrogen-bond donors (Lipinski definition) is 1. The summed E-state index contributed by atoms with van der Waals surface area (Å²) < 4.78 is 0. The quantitative estimate of drug-likeness (QED) is 0.914. The molecule has 4 nitrogen and oxygen atoms in total. The Kier molecular flexibility index (Phi) is 3.86. The maximum Gasteiger partial charge on any atom is 0.276 e. The van der Waals surface area contributed by atoms with Crippen molar-refractivity contribution in [3.05, 3.63) is 54.4 Å². The van der Waals surface area contributed by atoms with Gasteiger partial charge in [-0.05, 0) is 44.0 Å². The number of nitrogens with zero attached hydrogens (tertiary/aromatic N) is 2. The minimum atomic E-state index is -0.0679. The average molecular weight is 281 g/mol. The molecule has 0 spiro atoms. The van der Waals surface area contributed by atoms with Gasteiger partial charge in [-0.15, -0.1) is 0 Å². The standard InChI is InChI=1S/C17H19N3O/c1-2-20(15-6-4-3-5-7-15)17(21)16-11-10-14(12-18-16)19-13-8-9-13/h3-7,10-13,19H,2,8-9H2,1H3. The first-order valence-electron chi connectivity index (χ1n) is 7.37. The fraction of sp³-hybridized carbons (Fsp3) is 0.294. The predicted molar refractivity (Wildman–Crippen MR) is 84.7 cm³/mol. The van der Waals surface area contributed by atoms with Gasteiger partial charge in [-0.1, -0.05) is 18.2 Å². The lowest BCUT2D eigenvalue weighted by molar-refractivity contribution is 0.0983. The van der Waals surface area contributed by atoms with Gasteiger partial charge in [0.1, 0.15) is 5.69 Å². The molecular weight excluding hydrogens is 262 g/mol. The Labute approximate surface area is 124 Å². The van der Waals surface area contributed by atoms with E-state index < -0.39 is 0 Å². The van der Waals surface area contributed by atoms with Gasteiger partial charge in [0.05, 0.1) is 11.9 Å². The Morgan fingerprint density at radius 3 is 2.57 bits per heavy atom. The second kappa shape index (κ2) is 5.95. The van der Waals surface area contributed by atoms with Gasteiger partial charge < -0.3 is 10.2 Å². The molecule has 4 heteroatoms. The SMILES string of the molecule is CCN(C(=O)c1ccc(NC2CC2)cn1)c1ccccc1. The number of para-hydroxylation sites is 1. The number of amides is 1. The summed E-state index contributed by atoms with van der Waals surface area (Å²) in [7, 11) is 0. The Balaban J connectivity index is 1.76. The first kappa shape index (κ1) is 13.6. The molecule has 21 heavy (non-hydrogen) atoms. The summed E-state index contributed by atoms with van der Waals surface area (Å²) in [6, 6.07) is 14.0. The van der Waals surface area contributed by atoms with Crippen molar-refractivity contribution < 1.29 is 4.79 Å². The highest BCUT2D eigenvalue weighted by molar-refractivity contribution is 6.04. The monoisotopic (exact) mass is 281 g/mol. The summed E-state index contributed by atoms with van der Waals surface area (Å²) in [5.41, 5.74) is 2.35. The number of carbonyl (C=O) groups excluding carboxylic acids is 1. The Morgan fingerprint density at radius 2 is 2.00 bits per heavy atom. The highest BCUT2D eigenvalue weighted by Gasteiger charge is 2.21. The van der Waals surface area contributed by atoms with E-state index in [1.54, 1.807) is 17.2 Å². The fourth-order valence-corrected chi connectivity index (χ4v) is 2.26. The molecule has 0 saturated heterocycles. The first-order chi connectivity index (χ1) is 10.3. The van der Waals surface area contributed by atoms with Crippen molar-refractivity contribution >= 4 is 17.3 Å². The number of rotatable bonds is 5. The normalized spacial score (nSPS) is 13.8. The van der Waals surface area contributed by atoms with Crippen LogP contribution in [0, 0.1) is 0 Å². The van der Waals surface area contributed by atoms with Crippen molar-refractivity contribution in [1.82, 2.24) is 4.98 Å². The van der Waals surface area contributed by atoms with Crippen molar-refractivity contribution in [3.63, 3.8) is 0 Å². The van der Waals surface area contributed by atoms with E-state index in [0.717, 1.165) is 11.4 Å². The van der Waals surface area contributed by atoms with Crippen LogP contribution in [-0.2, 0) is 0 Å². The van der Waals surface area contributed by atoms with Crippen molar-refractivity contribution in [2.45, 2.75) is 25.8 Å². The number of pyridine rings is 1. The van der Waals surface area contributed by atoms with Crippen LogP contribution in [0.5, 0.6) is 0 Å². The molecule has 3 rings (SSSR count). The van der Waals surface area contributed by atoms with Crippen molar-refractivity contribution in [3.8, 4) is 0 Å². The molecule has 1 aliphatic rings. The Bertz CT molecular complexity index is 606. The summed E-state index contributed by atoms with van der Waals surface area (Å²) >= 11 is 0. The highest BCUT2D eigenvalue weighted by Crippen LogP contribution is 2.24. The zero-order valence-corrected chi connectivity index (χ0v) is 12.1. The summed E-state index contributed by atoms with van der Waals surface area (Å²) in [6.07, 6.45) is 4.18. The molecule has 1 N–H and O–H groups in total. The van der Waals surface area contributed by atoms with Crippen LogP contribution >= 0.6 is 0 Å². The van der Waals surface area contributed by atoms with E-state index in [9.17, 15) is 4.79 Å². The van der Waals surface area contributed by atoms with E-state index in [-0.39, 0.29) is 5.91 Å². The fourth-order valence-electron chi connectivity index (χ4n) is 2.26. The van der Waals surface area contributed by atoms with Crippen LogP contribution in [0.4, 0.5) is 11.4 Å². The van der Waals surface area contributed by atoms with Gasteiger partial charge in [-0.3, -0.25) is 4.79 Å². The van der Waals surface area contributed by atoms with Crippen LogP contribution in [0.15, 0.2) is 48.7 Å². The van der Waals surface area contributed by atoms with Crippen LogP contribution in [0.2, 0.25) is 0 Å². The lowest BCUT2D eigenvalue weighted by Crippen LogP contribution is -2.31. The van der Waals surface area contributed by atoms with Crippen LogP contribution in [0.3, 0.4) is 0 Å². The van der Waals surface area contributed by atoms with Crippen LogP contribution in [-0.4, -0.2) is 23.5 Å². The molecule has 0 aliphatic heterocycles. The number of hydrogen-bond acceptors (Lipinski definition) is 3. The molecule has 2 aromatic rings. The number of aromatic nitrogens is 1. The van der Waals surface area contributed by atoms with Crippen molar-refractivity contribution in [2.24, 2.45) is 0 Å². The molecule has 0 radical (unpaired) electrons. The molecule has 1 fully saturated rings. The number of nitrogens with one attached hydrogen (secondary N) is 1. The molecule has 0 atom stereocenters. The van der Waals surface area contributed by atoms with Gasteiger partial charge >= 0.3 is 0 Å². The van der Waals surface area contributed by atoms with Crippen LogP contribution in [0.1, 0.15) is 30.3 Å². The minimum Gasteiger partial charge on any atom is -0.381 e. The molecule has 1 aromatic heterocycles. The van der Waals surface area contributed by atoms with Gasteiger partial charge in [0.25, 0.3) is 5.91 Å². The van der Waals surface area contributed by atoms with E-state index in [2.05, 4.69) is 10.3 Å². The van der Waals surface area contributed by atoms with E-state index in [0.29, 0.717) is 18.3 Å². The van der Waals surface area contributed by atoms with Crippen LogP contribution in [0.25, 0.3) is 0 Å².